The first kappa shape index (κ1) is 14.0. The van der Waals surface area contributed by atoms with E-state index < -0.39 is 12.0 Å². The van der Waals surface area contributed by atoms with Crippen LogP contribution in [0.1, 0.15) is 20.3 Å². The first-order valence-corrected chi connectivity index (χ1v) is 5.54. The van der Waals surface area contributed by atoms with Gasteiger partial charge in [0.2, 0.25) is 18.0 Å². The lowest BCUT2D eigenvalue weighted by molar-refractivity contribution is -0.230. The molecule has 98 valence electrons. The molecule has 0 saturated heterocycles. The van der Waals surface area contributed by atoms with E-state index in [0.29, 0.717) is 18.9 Å². The minimum Gasteiger partial charge on any atom is -0.390 e. The van der Waals surface area contributed by atoms with Gasteiger partial charge in [-0.3, -0.25) is 0 Å². The molecule has 0 amide bonds. The van der Waals surface area contributed by atoms with Gasteiger partial charge >= 0.3 is 0 Å². The van der Waals surface area contributed by atoms with Gasteiger partial charge < -0.3 is 25.4 Å². The number of rotatable bonds is 6. The van der Waals surface area contributed by atoms with E-state index in [0.717, 1.165) is 0 Å². The molecular formula is C10H19N3O4. The fraction of sp³-hybridized carbons (Fsp3) is 0.800. The van der Waals surface area contributed by atoms with Crippen molar-refractivity contribution in [2.45, 2.75) is 32.3 Å². The maximum Gasteiger partial charge on any atom is 0.218 e. The summed E-state index contributed by atoms with van der Waals surface area (Å²) in [6, 6.07) is 0. The van der Waals surface area contributed by atoms with Crippen LogP contribution in [0.15, 0.2) is 9.98 Å². The minimum absolute atomic E-state index is 0.0366. The highest BCUT2D eigenvalue weighted by molar-refractivity contribution is 5.99. The molecule has 1 atom stereocenters. The molecule has 0 aromatic heterocycles. The van der Waals surface area contributed by atoms with E-state index in [4.69, 9.17) is 20.3 Å². The number of aliphatic hydroxyl groups excluding tert-OH is 1. The summed E-state index contributed by atoms with van der Waals surface area (Å²) >= 11 is 0. The van der Waals surface area contributed by atoms with Crippen molar-refractivity contribution in [3.63, 3.8) is 0 Å². The Bertz CT molecular complexity index is 313. The molecule has 1 unspecified atom stereocenters. The highest BCUT2D eigenvalue weighted by Crippen LogP contribution is 2.25. The average molecular weight is 245 g/mol. The van der Waals surface area contributed by atoms with E-state index in [1.54, 1.807) is 13.8 Å². The lowest BCUT2D eigenvalue weighted by Crippen LogP contribution is -2.49. The molecule has 7 nitrogen and oxygen atoms in total. The number of nitrogens with zero attached hydrogens (tertiary/aromatic N) is 2. The zero-order valence-electron chi connectivity index (χ0n) is 10.1. The van der Waals surface area contributed by atoms with Gasteiger partial charge in [-0.05, 0) is 13.8 Å². The van der Waals surface area contributed by atoms with Crippen molar-refractivity contribution in [1.82, 2.24) is 0 Å². The third kappa shape index (κ3) is 3.47. The second kappa shape index (κ2) is 6.06. The van der Waals surface area contributed by atoms with E-state index in [-0.39, 0.29) is 19.0 Å². The second-order valence-corrected chi connectivity index (χ2v) is 3.60. The standard InChI is InChI=1S/C10H19N3O4/c1-3-16-8(17-4-2)10(15)5-7(6-14)12-9(11)13-10/h8,14-15H,3-6H2,1-2H3,(H2,11,13). The van der Waals surface area contributed by atoms with E-state index in [2.05, 4.69) is 9.98 Å². The summed E-state index contributed by atoms with van der Waals surface area (Å²) < 4.78 is 10.6. The largest absolute Gasteiger partial charge is 0.390 e. The Morgan fingerprint density at radius 3 is 2.47 bits per heavy atom. The summed E-state index contributed by atoms with van der Waals surface area (Å²) in [5.74, 6) is -0.0905. The van der Waals surface area contributed by atoms with Gasteiger partial charge in [-0.15, -0.1) is 0 Å². The molecule has 1 rings (SSSR count). The van der Waals surface area contributed by atoms with Crippen molar-refractivity contribution in [3.05, 3.63) is 0 Å². The molecule has 17 heavy (non-hydrogen) atoms. The van der Waals surface area contributed by atoms with Crippen LogP contribution in [0.4, 0.5) is 0 Å². The number of ether oxygens (including phenoxy) is 2. The lowest BCUT2D eigenvalue weighted by atomic mass is 10.0. The number of guanidine groups is 1. The van der Waals surface area contributed by atoms with Crippen molar-refractivity contribution < 1.29 is 19.7 Å². The van der Waals surface area contributed by atoms with Gasteiger partial charge in [-0.25, -0.2) is 9.98 Å². The van der Waals surface area contributed by atoms with Crippen LogP contribution in [0.3, 0.4) is 0 Å². The zero-order chi connectivity index (χ0) is 12.9. The molecule has 7 heteroatoms. The van der Waals surface area contributed by atoms with Crippen LogP contribution in [-0.4, -0.2) is 53.7 Å². The predicted molar refractivity (Wildman–Crippen MR) is 62.8 cm³/mol. The number of aliphatic imine (C=N–C) groups is 2. The summed E-state index contributed by atoms with van der Waals surface area (Å²) in [6.07, 6.45) is -0.886. The van der Waals surface area contributed by atoms with Crippen LogP contribution in [0, 0.1) is 0 Å². The molecule has 4 N–H and O–H groups in total. The summed E-state index contributed by atoms with van der Waals surface area (Å²) in [7, 11) is 0. The molecule has 0 aromatic carbocycles. The Labute approximate surface area is 100.0 Å². The van der Waals surface area contributed by atoms with Gasteiger partial charge in [0.05, 0.1) is 12.3 Å². The lowest BCUT2D eigenvalue weighted by Gasteiger charge is -2.33. The van der Waals surface area contributed by atoms with Gasteiger partial charge in [0.1, 0.15) is 0 Å². The number of hydrogen-bond acceptors (Lipinski definition) is 7. The van der Waals surface area contributed by atoms with Crippen LogP contribution in [-0.2, 0) is 9.47 Å². The van der Waals surface area contributed by atoms with Crippen molar-refractivity contribution >= 4 is 11.7 Å². The van der Waals surface area contributed by atoms with Crippen LogP contribution >= 0.6 is 0 Å². The van der Waals surface area contributed by atoms with E-state index in [1.165, 1.54) is 0 Å². The Kier molecular flexibility index (Phi) is 5.01. The first-order chi connectivity index (χ1) is 8.05. The third-order valence-corrected chi connectivity index (χ3v) is 2.24. The summed E-state index contributed by atoms with van der Waals surface area (Å²) in [6.45, 7) is 4.02. The van der Waals surface area contributed by atoms with Gasteiger partial charge in [-0.1, -0.05) is 0 Å². The quantitative estimate of drug-likeness (QED) is 0.532. The van der Waals surface area contributed by atoms with Gasteiger partial charge in [-0.2, -0.15) is 0 Å². The molecular weight excluding hydrogens is 226 g/mol. The monoisotopic (exact) mass is 245 g/mol. The average Bonchev–Trinajstić information content (AvgIpc) is 2.27. The fourth-order valence-electron chi connectivity index (χ4n) is 1.61. The number of nitrogens with two attached hydrogens (primary N) is 1. The number of aliphatic hydroxyl groups is 2. The topological polar surface area (TPSA) is 110 Å². The third-order valence-electron chi connectivity index (χ3n) is 2.24. The van der Waals surface area contributed by atoms with Gasteiger partial charge in [0, 0.05) is 19.6 Å². The maximum absolute atomic E-state index is 10.4. The van der Waals surface area contributed by atoms with E-state index in [9.17, 15) is 5.11 Å². The van der Waals surface area contributed by atoms with E-state index in [1.807, 2.05) is 0 Å². The smallest absolute Gasteiger partial charge is 0.218 e. The van der Waals surface area contributed by atoms with E-state index >= 15 is 0 Å². The summed E-state index contributed by atoms with van der Waals surface area (Å²) in [5, 5.41) is 19.4. The Morgan fingerprint density at radius 1 is 1.41 bits per heavy atom. The van der Waals surface area contributed by atoms with Gasteiger partial charge in [0.15, 0.2) is 0 Å². The SMILES string of the molecule is CCOC(OCC)C1(O)CC(CO)=NC(N)=N1. The molecule has 0 aromatic rings. The van der Waals surface area contributed by atoms with Crippen molar-refractivity contribution in [2.24, 2.45) is 15.7 Å². The molecule has 0 bridgehead atoms. The molecule has 0 radical (unpaired) electrons. The normalized spacial score (nSPS) is 24.8. The first-order valence-electron chi connectivity index (χ1n) is 5.54. The van der Waals surface area contributed by atoms with Crippen molar-refractivity contribution in [1.29, 1.82) is 0 Å². The van der Waals surface area contributed by atoms with Crippen LogP contribution < -0.4 is 5.73 Å². The molecule has 0 spiro atoms. The highest BCUT2D eigenvalue weighted by Gasteiger charge is 2.41. The highest BCUT2D eigenvalue weighted by atomic mass is 16.7. The number of hydrogen-bond donors (Lipinski definition) is 3. The summed E-state index contributed by atoms with van der Waals surface area (Å²) in [4.78, 5) is 7.67. The van der Waals surface area contributed by atoms with Crippen LogP contribution in [0.25, 0.3) is 0 Å². The fourth-order valence-corrected chi connectivity index (χ4v) is 1.61. The van der Waals surface area contributed by atoms with Crippen molar-refractivity contribution in [3.8, 4) is 0 Å². The molecule has 0 fully saturated rings. The molecule has 0 aliphatic carbocycles. The molecule has 1 heterocycles. The molecule has 1 aliphatic heterocycles. The molecule has 0 saturated carbocycles. The zero-order valence-corrected chi connectivity index (χ0v) is 10.1. The maximum atomic E-state index is 10.4. The van der Waals surface area contributed by atoms with Crippen LogP contribution in [0.2, 0.25) is 0 Å². The minimum atomic E-state index is -1.63. The second-order valence-electron chi connectivity index (χ2n) is 3.60. The van der Waals surface area contributed by atoms with Crippen LogP contribution in [0.5, 0.6) is 0 Å². The summed E-state index contributed by atoms with van der Waals surface area (Å²) in [5.41, 5.74) is 4.21. The van der Waals surface area contributed by atoms with Crippen molar-refractivity contribution in [2.75, 3.05) is 19.8 Å². The van der Waals surface area contributed by atoms with Gasteiger partial charge in [0.25, 0.3) is 0 Å². The molecule has 1 aliphatic rings. The Morgan fingerprint density at radius 2 is 2.00 bits per heavy atom. The Balaban J connectivity index is 2.89. The predicted octanol–water partition coefficient (Wildman–Crippen LogP) is -0.774. The Hall–Kier alpha value is -1.02.